The zero-order chi connectivity index (χ0) is 29.2. The third kappa shape index (κ3) is 8.45. The predicted octanol–water partition coefficient (Wildman–Crippen LogP) is 4.56. The van der Waals surface area contributed by atoms with Crippen LogP contribution in [0.5, 0.6) is 0 Å². The highest BCUT2D eigenvalue weighted by Crippen LogP contribution is 2.21. The molecule has 11 nitrogen and oxygen atoms in total. The summed E-state index contributed by atoms with van der Waals surface area (Å²) in [6.45, 7) is 1.91. The van der Waals surface area contributed by atoms with Crippen LogP contribution in [0.1, 0.15) is 39.6 Å². The summed E-state index contributed by atoms with van der Waals surface area (Å²) in [5.74, 6) is -1.89. The molecule has 11 heteroatoms. The highest BCUT2D eigenvalue weighted by atomic mass is 16.4. The Morgan fingerprint density at radius 3 is 2.15 bits per heavy atom. The highest BCUT2D eigenvalue weighted by Gasteiger charge is 2.20. The van der Waals surface area contributed by atoms with Crippen LogP contribution in [0.15, 0.2) is 91.1 Å². The van der Waals surface area contributed by atoms with Crippen molar-refractivity contribution in [3.05, 3.63) is 114 Å². The molecule has 0 radical (unpaired) electrons. The molecular formula is C30H28N6O5. The highest BCUT2D eigenvalue weighted by molar-refractivity contribution is 6.00. The molecule has 1 heterocycles. The molecule has 1 unspecified atom stereocenters. The molecule has 4 amide bonds. The van der Waals surface area contributed by atoms with Gasteiger partial charge in [0.25, 0.3) is 5.91 Å². The van der Waals surface area contributed by atoms with E-state index in [1.165, 1.54) is 12.3 Å². The van der Waals surface area contributed by atoms with Crippen LogP contribution in [0, 0.1) is 6.92 Å². The van der Waals surface area contributed by atoms with Gasteiger partial charge in [0.2, 0.25) is 5.91 Å². The first-order chi connectivity index (χ1) is 19.8. The molecule has 5 N–H and O–H groups in total. The molecule has 0 fully saturated rings. The van der Waals surface area contributed by atoms with Crippen molar-refractivity contribution in [3.8, 4) is 0 Å². The summed E-state index contributed by atoms with van der Waals surface area (Å²) in [6.07, 6.45) is 1.20. The molecule has 4 aromatic rings. The van der Waals surface area contributed by atoms with E-state index in [0.29, 0.717) is 16.9 Å². The van der Waals surface area contributed by atoms with Crippen LogP contribution in [0.2, 0.25) is 0 Å². The summed E-state index contributed by atoms with van der Waals surface area (Å²) in [4.78, 5) is 48.8. The fourth-order valence-corrected chi connectivity index (χ4v) is 3.97. The number of hydrogen-bond donors (Lipinski definition) is 5. The topological polar surface area (TPSA) is 162 Å². The molecule has 0 aliphatic rings. The first-order valence-corrected chi connectivity index (χ1v) is 12.7. The van der Waals surface area contributed by atoms with Crippen molar-refractivity contribution in [1.29, 1.82) is 0 Å². The Labute approximate surface area is 236 Å². The number of aryl methyl sites for hydroxylation is 1. The molecule has 0 aliphatic carbocycles. The molecule has 3 aromatic carbocycles. The van der Waals surface area contributed by atoms with Crippen molar-refractivity contribution < 1.29 is 24.3 Å². The molecule has 4 rings (SSSR count). The Bertz CT molecular complexity index is 1530. The third-order valence-electron chi connectivity index (χ3n) is 6.06. The summed E-state index contributed by atoms with van der Waals surface area (Å²) in [6, 6.07) is 22.8. The standard InChI is InChI=1S/C30H28N6O5/c1-19-5-2-3-6-24(19)35-30(41)33-23-12-8-20(9-13-23)17-27(37)32-22-14-10-21(11-15-22)26(18-28(38)39)34-29(40)25-7-4-16-31-36-25/h2-16,26H,17-18H2,1H3,(H,32,37)(H,34,40)(H,38,39)(H2,33,35,41). The summed E-state index contributed by atoms with van der Waals surface area (Å²) >= 11 is 0. The molecule has 0 saturated heterocycles. The molecule has 41 heavy (non-hydrogen) atoms. The normalized spacial score (nSPS) is 11.1. The van der Waals surface area contributed by atoms with E-state index in [1.54, 1.807) is 54.6 Å². The number of carboxylic acids is 1. The van der Waals surface area contributed by atoms with E-state index in [1.807, 2.05) is 31.2 Å². The van der Waals surface area contributed by atoms with Gasteiger partial charge in [-0.3, -0.25) is 14.4 Å². The maximum atomic E-state index is 12.6. The number of carbonyl (C=O) groups is 4. The number of hydrogen-bond acceptors (Lipinski definition) is 6. The molecule has 1 atom stereocenters. The van der Waals surface area contributed by atoms with Crippen LogP contribution < -0.4 is 21.3 Å². The first-order valence-electron chi connectivity index (χ1n) is 12.7. The van der Waals surface area contributed by atoms with Gasteiger partial charge in [-0.15, -0.1) is 5.10 Å². The van der Waals surface area contributed by atoms with E-state index in [0.717, 1.165) is 16.8 Å². The van der Waals surface area contributed by atoms with Crippen LogP contribution in [0.3, 0.4) is 0 Å². The van der Waals surface area contributed by atoms with Gasteiger partial charge >= 0.3 is 12.0 Å². The van der Waals surface area contributed by atoms with Crippen LogP contribution in [-0.2, 0) is 16.0 Å². The lowest BCUT2D eigenvalue weighted by Gasteiger charge is -2.17. The van der Waals surface area contributed by atoms with Gasteiger partial charge in [0.15, 0.2) is 5.69 Å². The minimum atomic E-state index is -1.08. The molecule has 0 aliphatic heterocycles. The number of aliphatic carboxylic acids is 1. The van der Waals surface area contributed by atoms with E-state index in [2.05, 4.69) is 31.5 Å². The van der Waals surface area contributed by atoms with Crippen LogP contribution >= 0.6 is 0 Å². The van der Waals surface area contributed by atoms with Gasteiger partial charge in [-0.2, -0.15) is 5.10 Å². The maximum absolute atomic E-state index is 12.6. The van der Waals surface area contributed by atoms with E-state index in [9.17, 15) is 24.3 Å². The molecule has 208 valence electrons. The second kappa shape index (κ2) is 13.5. The zero-order valence-electron chi connectivity index (χ0n) is 22.1. The van der Waals surface area contributed by atoms with Gasteiger partial charge in [0.05, 0.1) is 18.9 Å². The monoisotopic (exact) mass is 552 g/mol. The number of anilines is 3. The summed E-state index contributed by atoms with van der Waals surface area (Å²) in [7, 11) is 0. The van der Waals surface area contributed by atoms with Crippen molar-refractivity contribution in [2.45, 2.75) is 25.8 Å². The number of benzene rings is 3. The fraction of sp³-hybridized carbons (Fsp3) is 0.133. The van der Waals surface area contributed by atoms with Crippen molar-refractivity contribution in [2.75, 3.05) is 16.0 Å². The number of rotatable bonds is 10. The van der Waals surface area contributed by atoms with Gasteiger partial charge < -0.3 is 26.4 Å². The lowest BCUT2D eigenvalue weighted by atomic mass is 10.0. The molecule has 0 bridgehead atoms. The minimum absolute atomic E-state index is 0.0705. The van der Waals surface area contributed by atoms with Crippen LogP contribution in [0.4, 0.5) is 21.9 Å². The van der Waals surface area contributed by atoms with Crippen molar-refractivity contribution in [1.82, 2.24) is 15.5 Å². The Hall–Kier alpha value is -5.58. The second-order valence-electron chi connectivity index (χ2n) is 9.17. The van der Waals surface area contributed by atoms with Gasteiger partial charge in [0.1, 0.15) is 0 Å². The van der Waals surface area contributed by atoms with Gasteiger partial charge in [-0.25, -0.2) is 4.79 Å². The van der Waals surface area contributed by atoms with E-state index in [-0.39, 0.29) is 30.5 Å². The number of urea groups is 1. The maximum Gasteiger partial charge on any atom is 0.323 e. The van der Waals surface area contributed by atoms with E-state index < -0.39 is 17.9 Å². The van der Waals surface area contributed by atoms with Crippen molar-refractivity contribution >= 4 is 40.9 Å². The zero-order valence-corrected chi connectivity index (χ0v) is 22.1. The largest absolute Gasteiger partial charge is 0.481 e. The van der Waals surface area contributed by atoms with Gasteiger partial charge in [-0.1, -0.05) is 42.5 Å². The van der Waals surface area contributed by atoms with Crippen LogP contribution in [0.25, 0.3) is 0 Å². The second-order valence-corrected chi connectivity index (χ2v) is 9.17. The number of nitrogens with zero attached hydrogens (tertiary/aromatic N) is 2. The lowest BCUT2D eigenvalue weighted by Crippen LogP contribution is -2.31. The predicted molar refractivity (Wildman–Crippen MR) is 154 cm³/mol. The number of amides is 4. The number of para-hydroxylation sites is 1. The first kappa shape index (κ1) is 28.4. The number of carbonyl (C=O) groups excluding carboxylic acids is 3. The average Bonchev–Trinajstić information content (AvgIpc) is 2.95. The summed E-state index contributed by atoms with van der Waals surface area (Å²) < 4.78 is 0. The smallest absolute Gasteiger partial charge is 0.323 e. The third-order valence-corrected chi connectivity index (χ3v) is 6.06. The molecular weight excluding hydrogens is 524 g/mol. The summed E-state index contributed by atoms with van der Waals surface area (Å²) in [5.41, 5.74) is 4.13. The van der Waals surface area contributed by atoms with E-state index >= 15 is 0 Å². The fourth-order valence-electron chi connectivity index (χ4n) is 3.97. The van der Waals surface area contributed by atoms with Crippen molar-refractivity contribution in [2.24, 2.45) is 0 Å². The van der Waals surface area contributed by atoms with Crippen LogP contribution in [-0.4, -0.2) is 39.1 Å². The number of aromatic nitrogens is 2. The Morgan fingerprint density at radius 1 is 0.805 bits per heavy atom. The van der Waals surface area contributed by atoms with E-state index in [4.69, 9.17) is 0 Å². The number of carboxylic acid groups (broad SMARTS) is 1. The Balaban J connectivity index is 1.30. The van der Waals surface area contributed by atoms with Gasteiger partial charge in [0, 0.05) is 23.3 Å². The van der Waals surface area contributed by atoms with Crippen molar-refractivity contribution in [3.63, 3.8) is 0 Å². The Kier molecular flexibility index (Phi) is 9.34. The molecule has 0 spiro atoms. The SMILES string of the molecule is Cc1ccccc1NC(=O)Nc1ccc(CC(=O)Nc2ccc(C(CC(=O)O)NC(=O)c3cccnn3)cc2)cc1. The summed E-state index contributed by atoms with van der Waals surface area (Å²) in [5, 5.41) is 27.7. The Morgan fingerprint density at radius 2 is 1.49 bits per heavy atom. The minimum Gasteiger partial charge on any atom is -0.481 e. The average molecular weight is 553 g/mol. The van der Waals surface area contributed by atoms with Gasteiger partial charge in [-0.05, 0) is 66.1 Å². The quantitative estimate of drug-likeness (QED) is 0.193. The number of nitrogens with one attached hydrogen (secondary N) is 4. The lowest BCUT2D eigenvalue weighted by molar-refractivity contribution is -0.137. The molecule has 1 aromatic heterocycles. The molecule has 0 saturated carbocycles.